The lowest BCUT2D eigenvalue weighted by Crippen LogP contribution is -2.44. The van der Waals surface area contributed by atoms with E-state index in [0.717, 1.165) is 42.4 Å². The van der Waals surface area contributed by atoms with Crippen LogP contribution in [0.15, 0.2) is 41.3 Å². The Morgan fingerprint density at radius 3 is 2.39 bits per heavy atom. The summed E-state index contributed by atoms with van der Waals surface area (Å²) < 4.78 is 1.65. The Morgan fingerprint density at radius 1 is 1.00 bits per heavy atom. The van der Waals surface area contributed by atoms with Crippen LogP contribution in [0.4, 0.5) is 0 Å². The minimum absolute atomic E-state index is 0.00916. The highest BCUT2D eigenvalue weighted by Crippen LogP contribution is 2.47. The number of carbonyl (C=O) groups is 2. The van der Waals surface area contributed by atoms with Crippen molar-refractivity contribution in [2.24, 2.45) is 5.41 Å². The van der Waals surface area contributed by atoms with Gasteiger partial charge in [-0.2, -0.15) is 0 Å². The van der Waals surface area contributed by atoms with Crippen molar-refractivity contribution in [1.29, 1.82) is 0 Å². The van der Waals surface area contributed by atoms with Gasteiger partial charge in [-0.05, 0) is 55.2 Å². The highest BCUT2D eigenvalue weighted by Gasteiger charge is 2.51. The fourth-order valence-corrected chi connectivity index (χ4v) is 5.17. The normalized spacial score (nSPS) is 18.8. The van der Waals surface area contributed by atoms with Crippen molar-refractivity contribution in [2.45, 2.75) is 51.6 Å². The molecule has 0 radical (unpaired) electrons. The molecule has 3 aliphatic rings. The summed E-state index contributed by atoms with van der Waals surface area (Å²) in [5.41, 5.74) is 2.25. The number of aromatic nitrogens is 1. The Bertz CT molecular complexity index is 1110. The van der Waals surface area contributed by atoms with Crippen LogP contribution in [-0.2, 0) is 30.7 Å². The lowest BCUT2D eigenvalue weighted by atomic mass is 9.94. The topological polar surface area (TPSA) is 82.8 Å². The molecule has 2 aromatic rings. The minimum Gasteiger partial charge on any atom is -0.395 e. The van der Waals surface area contributed by atoms with Crippen LogP contribution in [-0.4, -0.2) is 57.5 Å². The molecule has 33 heavy (non-hydrogen) atoms. The predicted octanol–water partition coefficient (Wildman–Crippen LogP) is 1.98. The van der Waals surface area contributed by atoms with Gasteiger partial charge in [0.1, 0.15) is 5.56 Å². The van der Waals surface area contributed by atoms with E-state index in [1.807, 2.05) is 36.5 Å². The number of aliphatic hydroxyl groups excluding tert-OH is 1. The molecule has 1 saturated heterocycles. The Balaban J connectivity index is 1.49. The zero-order valence-corrected chi connectivity index (χ0v) is 19.0. The van der Waals surface area contributed by atoms with Gasteiger partial charge in [0.05, 0.1) is 12.0 Å². The van der Waals surface area contributed by atoms with Gasteiger partial charge in [0, 0.05) is 38.9 Å². The van der Waals surface area contributed by atoms with Crippen molar-refractivity contribution in [3.8, 4) is 0 Å². The van der Waals surface area contributed by atoms with Gasteiger partial charge in [0.15, 0.2) is 0 Å². The van der Waals surface area contributed by atoms with E-state index in [1.54, 1.807) is 14.4 Å². The highest BCUT2D eigenvalue weighted by atomic mass is 16.3. The van der Waals surface area contributed by atoms with Gasteiger partial charge >= 0.3 is 0 Å². The van der Waals surface area contributed by atoms with Crippen molar-refractivity contribution in [3.63, 3.8) is 0 Å². The van der Waals surface area contributed by atoms with Gasteiger partial charge in [0.25, 0.3) is 11.5 Å². The monoisotopic (exact) mass is 449 g/mol. The summed E-state index contributed by atoms with van der Waals surface area (Å²) in [7, 11) is 0. The van der Waals surface area contributed by atoms with Crippen molar-refractivity contribution >= 4 is 11.8 Å². The van der Waals surface area contributed by atoms with E-state index >= 15 is 0 Å². The van der Waals surface area contributed by atoms with E-state index in [4.69, 9.17) is 0 Å². The molecule has 1 aliphatic carbocycles. The minimum atomic E-state index is -0.618. The molecule has 7 nitrogen and oxygen atoms in total. The second-order valence-electron chi connectivity index (χ2n) is 9.66. The van der Waals surface area contributed by atoms with Gasteiger partial charge in [0.2, 0.25) is 5.91 Å². The first-order chi connectivity index (χ1) is 16.0. The summed E-state index contributed by atoms with van der Waals surface area (Å²) in [5, 5.41) is 9.71. The van der Waals surface area contributed by atoms with E-state index in [9.17, 15) is 19.5 Å². The lowest BCUT2D eigenvalue weighted by molar-refractivity contribution is -0.139. The van der Waals surface area contributed by atoms with E-state index in [-0.39, 0.29) is 29.5 Å². The third-order valence-electron chi connectivity index (χ3n) is 7.46. The second kappa shape index (κ2) is 8.78. The maximum atomic E-state index is 13.5. The summed E-state index contributed by atoms with van der Waals surface area (Å²) in [5.74, 6) is -0.179. The first-order valence-corrected chi connectivity index (χ1v) is 12.0. The number of carbonyl (C=O) groups excluding carboxylic acids is 2. The molecule has 1 N–H and O–H groups in total. The van der Waals surface area contributed by atoms with Crippen LogP contribution < -0.4 is 5.56 Å². The van der Waals surface area contributed by atoms with Crippen molar-refractivity contribution in [3.05, 3.63) is 69.1 Å². The van der Waals surface area contributed by atoms with E-state index in [1.165, 1.54) is 0 Å². The summed E-state index contributed by atoms with van der Waals surface area (Å²) in [4.78, 5) is 43.5. The molecule has 0 atom stereocenters. The van der Waals surface area contributed by atoms with Crippen LogP contribution in [0.25, 0.3) is 0 Å². The van der Waals surface area contributed by atoms with Crippen LogP contribution >= 0.6 is 0 Å². The number of likely N-dealkylation sites (tertiary alicyclic amines) is 1. The highest BCUT2D eigenvalue weighted by molar-refractivity contribution is 5.96. The molecule has 0 unspecified atom stereocenters. The Labute approximate surface area is 193 Å². The molecule has 1 aromatic carbocycles. The molecule has 5 rings (SSSR count). The number of aliphatic hydroxyl groups is 1. The number of fused-ring (bicyclic) bond motifs is 1. The number of amides is 2. The van der Waals surface area contributed by atoms with Gasteiger partial charge in [-0.1, -0.05) is 30.3 Å². The molecule has 2 fully saturated rings. The molecule has 3 heterocycles. The average molecular weight is 450 g/mol. The Hall–Kier alpha value is -2.93. The third kappa shape index (κ3) is 4.10. The maximum Gasteiger partial charge on any atom is 0.263 e. The lowest BCUT2D eigenvalue weighted by Gasteiger charge is -2.33. The largest absolute Gasteiger partial charge is 0.395 e. The van der Waals surface area contributed by atoms with Crippen molar-refractivity contribution in [2.75, 3.05) is 26.2 Å². The summed E-state index contributed by atoms with van der Waals surface area (Å²) in [6.45, 7) is 2.59. The second-order valence-corrected chi connectivity index (χ2v) is 9.66. The molecular weight excluding hydrogens is 418 g/mol. The molecule has 1 saturated carbocycles. The average Bonchev–Trinajstić information content (AvgIpc) is 3.46. The third-order valence-corrected chi connectivity index (χ3v) is 7.46. The van der Waals surface area contributed by atoms with Crippen molar-refractivity contribution in [1.82, 2.24) is 14.4 Å². The van der Waals surface area contributed by atoms with Gasteiger partial charge < -0.3 is 19.5 Å². The molecule has 2 aliphatic heterocycles. The zero-order chi connectivity index (χ0) is 23.0. The number of nitrogens with zero attached hydrogens (tertiary/aromatic N) is 3. The van der Waals surface area contributed by atoms with E-state index < -0.39 is 5.41 Å². The number of benzene rings is 1. The first-order valence-electron chi connectivity index (χ1n) is 12.0. The first kappa shape index (κ1) is 21.9. The quantitative estimate of drug-likeness (QED) is 0.731. The number of hydrogen-bond acceptors (Lipinski definition) is 4. The molecule has 2 amide bonds. The summed E-state index contributed by atoms with van der Waals surface area (Å²) >= 11 is 0. The van der Waals surface area contributed by atoms with Crippen molar-refractivity contribution < 1.29 is 14.7 Å². The number of hydrogen-bond donors (Lipinski definition) is 1. The molecule has 0 bridgehead atoms. The smallest absolute Gasteiger partial charge is 0.263 e. The molecule has 1 aromatic heterocycles. The molecule has 174 valence electrons. The van der Waals surface area contributed by atoms with Crippen LogP contribution in [0, 0.1) is 5.41 Å². The molecular formula is C26H31N3O4. The maximum absolute atomic E-state index is 13.5. The van der Waals surface area contributed by atoms with Crippen LogP contribution in [0.2, 0.25) is 0 Å². The van der Waals surface area contributed by atoms with Crippen LogP contribution in [0.5, 0.6) is 0 Å². The summed E-state index contributed by atoms with van der Waals surface area (Å²) in [6.07, 6.45) is 6.41. The Kier molecular flexibility index (Phi) is 5.83. The standard InChI is InChI=1S/C26H31N3O4/c30-18-26(10-11-26)25(33)29-15-9-21-20(17-29)16-28(14-8-19-6-2-1-3-7-19)24(32)22(21)23(31)27-12-4-5-13-27/h1-3,6-7,16,30H,4-5,8-15,17-18H2. The Morgan fingerprint density at radius 2 is 1.73 bits per heavy atom. The van der Waals surface area contributed by atoms with Gasteiger partial charge in [-0.3, -0.25) is 14.4 Å². The molecule has 0 spiro atoms. The SMILES string of the molecule is O=C(c1c2c(cn(CCc3ccccc3)c1=O)CN(C(=O)C1(CO)CC1)CC2)N1CCCC1. The van der Waals surface area contributed by atoms with E-state index in [0.29, 0.717) is 45.6 Å². The molecule has 7 heteroatoms. The fraction of sp³-hybridized carbons (Fsp3) is 0.500. The number of rotatable bonds is 6. The fourth-order valence-electron chi connectivity index (χ4n) is 5.17. The number of aryl methyl sites for hydroxylation is 2. The predicted molar refractivity (Wildman–Crippen MR) is 124 cm³/mol. The number of pyridine rings is 1. The summed E-state index contributed by atoms with van der Waals surface area (Å²) in [6, 6.07) is 9.98. The van der Waals surface area contributed by atoms with Crippen LogP contribution in [0.3, 0.4) is 0 Å². The van der Waals surface area contributed by atoms with Gasteiger partial charge in [-0.25, -0.2) is 0 Å². The zero-order valence-electron chi connectivity index (χ0n) is 19.0. The van der Waals surface area contributed by atoms with E-state index in [2.05, 4.69) is 0 Å². The van der Waals surface area contributed by atoms with Crippen LogP contribution in [0.1, 0.15) is 52.7 Å². The van der Waals surface area contributed by atoms with Gasteiger partial charge in [-0.15, -0.1) is 0 Å².